The van der Waals surface area contributed by atoms with Crippen LogP contribution in [0.25, 0.3) is 0 Å². The van der Waals surface area contributed by atoms with Crippen molar-refractivity contribution in [1.82, 2.24) is 10.9 Å². The number of amides is 2. The molecule has 0 bridgehead atoms. The van der Waals surface area contributed by atoms with Gasteiger partial charge in [-0.1, -0.05) is 23.7 Å². The van der Waals surface area contributed by atoms with Crippen molar-refractivity contribution in [3.63, 3.8) is 0 Å². The molecule has 2 N–H and O–H groups in total. The van der Waals surface area contributed by atoms with Gasteiger partial charge in [-0.2, -0.15) is 0 Å². The number of halogens is 1. The lowest BCUT2D eigenvalue weighted by Gasteiger charge is -2.12. The highest BCUT2D eigenvalue weighted by atomic mass is 35.5. The Hall–Kier alpha value is -3.26. The van der Waals surface area contributed by atoms with Crippen molar-refractivity contribution in [2.24, 2.45) is 0 Å². The Morgan fingerprint density at radius 2 is 1.67 bits per heavy atom. The zero-order valence-electron chi connectivity index (χ0n) is 14.6. The molecular formula is C18H17ClN2O6. The van der Waals surface area contributed by atoms with Crippen molar-refractivity contribution in [2.75, 3.05) is 20.8 Å². The third-order valence-electron chi connectivity index (χ3n) is 3.41. The van der Waals surface area contributed by atoms with E-state index in [1.165, 1.54) is 38.5 Å². The maximum Gasteiger partial charge on any atom is 0.343 e. The Morgan fingerprint density at radius 3 is 2.33 bits per heavy atom. The van der Waals surface area contributed by atoms with Gasteiger partial charge >= 0.3 is 5.97 Å². The molecule has 0 aromatic heterocycles. The van der Waals surface area contributed by atoms with E-state index in [2.05, 4.69) is 15.6 Å². The molecule has 0 spiro atoms. The van der Waals surface area contributed by atoms with E-state index in [1.807, 2.05) is 0 Å². The molecule has 0 aliphatic heterocycles. The largest absolute Gasteiger partial charge is 0.493 e. The minimum absolute atomic E-state index is 0.205. The molecule has 0 unspecified atom stereocenters. The smallest absolute Gasteiger partial charge is 0.343 e. The summed E-state index contributed by atoms with van der Waals surface area (Å²) in [7, 11) is 2.63. The number of esters is 1. The highest BCUT2D eigenvalue weighted by molar-refractivity contribution is 6.33. The molecule has 8 nitrogen and oxygen atoms in total. The van der Waals surface area contributed by atoms with Gasteiger partial charge in [0.2, 0.25) is 0 Å². The van der Waals surface area contributed by atoms with Crippen LogP contribution in [0.3, 0.4) is 0 Å². The monoisotopic (exact) mass is 392 g/mol. The summed E-state index contributed by atoms with van der Waals surface area (Å²) >= 11 is 5.93. The van der Waals surface area contributed by atoms with Gasteiger partial charge in [0.1, 0.15) is 0 Å². The predicted molar refractivity (Wildman–Crippen MR) is 96.9 cm³/mol. The first-order valence-electron chi connectivity index (χ1n) is 7.69. The number of hydrogen-bond acceptors (Lipinski definition) is 6. The fourth-order valence-corrected chi connectivity index (χ4v) is 2.24. The van der Waals surface area contributed by atoms with E-state index >= 15 is 0 Å². The van der Waals surface area contributed by atoms with Crippen LogP contribution in [0.2, 0.25) is 5.02 Å². The van der Waals surface area contributed by atoms with Crippen LogP contribution in [0.5, 0.6) is 11.5 Å². The van der Waals surface area contributed by atoms with Crippen LogP contribution in [-0.2, 0) is 9.53 Å². The number of nitrogens with one attached hydrogen (secondary N) is 2. The second kappa shape index (κ2) is 9.44. The first-order chi connectivity index (χ1) is 13.0. The normalized spacial score (nSPS) is 9.89. The second-order valence-electron chi connectivity index (χ2n) is 5.12. The lowest BCUT2D eigenvalue weighted by Crippen LogP contribution is -2.41. The molecule has 2 rings (SSSR count). The van der Waals surface area contributed by atoms with Gasteiger partial charge in [-0.3, -0.25) is 20.4 Å². The molecule has 27 heavy (non-hydrogen) atoms. The number of carbonyl (C=O) groups is 3. The molecule has 2 aromatic rings. The van der Waals surface area contributed by atoms with E-state index in [-0.39, 0.29) is 34.3 Å². The molecule has 0 atom stereocenters. The van der Waals surface area contributed by atoms with E-state index in [4.69, 9.17) is 21.1 Å². The number of rotatable bonds is 6. The third-order valence-corrected chi connectivity index (χ3v) is 3.74. The zero-order valence-corrected chi connectivity index (χ0v) is 15.3. The second-order valence-corrected chi connectivity index (χ2v) is 5.53. The molecule has 2 aromatic carbocycles. The third kappa shape index (κ3) is 5.35. The van der Waals surface area contributed by atoms with Crippen molar-refractivity contribution in [2.45, 2.75) is 0 Å². The topological polar surface area (TPSA) is 103 Å². The molecule has 9 heteroatoms. The van der Waals surface area contributed by atoms with E-state index in [0.717, 1.165) is 0 Å². The van der Waals surface area contributed by atoms with E-state index in [9.17, 15) is 14.4 Å². The summed E-state index contributed by atoms with van der Waals surface area (Å²) in [6.45, 7) is -0.299. The highest BCUT2D eigenvalue weighted by Gasteiger charge is 2.14. The van der Waals surface area contributed by atoms with Crippen LogP contribution in [0.1, 0.15) is 20.7 Å². The summed E-state index contributed by atoms with van der Waals surface area (Å²) in [6, 6.07) is 10.8. The van der Waals surface area contributed by atoms with E-state index < -0.39 is 17.8 Å². The first kappa shape index (κ1) is 20.1. The summed E-state index contributed by atoms with van der Waals surface area (Å²) in [5.74, 6) is -1.18. The van der Waals surface area contributed by atoms with Gasteiger partial charge in [0.15, 0.2) is 18.1 Å². The molecular weight excluding hydrogens is 376 g/mol. The summed E-state index contributed by atoms with van der Waals surface area (Å²) in [5, 5.41) is 0.262. The Balaban J connectivity index is 2.02. The quantitative estimate of drug-likeness (QED) is 0.575. The van der Waals surface area contributed by atoms with Gasteiger partial charge in [0.25, 0.3) is 11.8 Å². The SMILES string of the molecule is COC(=O)COc1ccc(C(=O)NNC(=O)c2ccccc2Cl)cc1OC. The fourth-order valence-electron chi connectivity index (χ4n) is 2.02. The Kier molecular flexibility index (Phi) is 7.01. The van der Waals surface area contributed by atoms with Crippen LogP contribution in [-0.4, -0.2) is 38.6 Å². The Bertz CT molecular complexity index is 855. The number of methoxy groups -OCH3 is 2. The van der Waals surface area contributed by atoms with Crippen LogP contribution < -0.4 is 20.3 Å². The van der Waals surface area contributed by atoms with Crippen LogP contribution in [0.15, 0.2) is 42.5 Å². The van der Waals surface area contributed by atoms with Gasteiger partial charge in [-0.25, -0.2) is 4.79 Å². The molecule has 0 aliphatic carbocycles. The lowest BCUT2D eigenvalue weighted by atomic mass is 10.2. The van der Waals surface area contributed by atoms with E-state index in [0.29, 0.717) is 0 Å². The summed E-state index contributed by atoms with van der Waals surface area (Å²) < 4.78 is 14.9. The van der Waals surface area contributed by atoms with Crippen LogP contribution in [0, 0.1) is 0 Å². The van der Waals surface area contributed by atoms with E-state index in [1.54, 1.807) is 18.2 Å². The predicted octanol–water partition coefficient (Wildman–Crippen LogP) is 1.98. The van der Waals surface area contributed by atoms with Crippen LogP contribution in [0.4, 0.5) is 0 Å². The van der Waals surface area contributed by atoms with Gasteiger partial charge in [0, 0.05) is 5.56 Å². The number of hydrogen-bond donors (Lipinski definition) is 2. The summed E-state index contributed by atoms with van der Waals surface area (Å²) in [6.07, 6.45) is 0. The Morgan fingerprint density at radius 1 is 0.963 bits per heavy atom. The van der Waals surface area contributed by atoms with Crippen molar-refractivity contribution in [3.05, 3.63) is 58.6 Å². The van der Waals surface area contributed by atoms with Crippen LogP contribution >= 0.6 is 11.6 Å². The average molecular weight is 393 g/mol. The lowest BCUT2D eigenvalue weighted by molar-refractivity contribution is -0.142. The van der Waals surface area contributed by atoms with Crippen molar-refractivity contribution >= 4 is 29.4 Å². The number of hydrazine groups is 1. The maximum atomic E-state index is 12.2. The number of benzene rings is 2. The van der Waals surface area contributed by atoms with Crippen molar-refractivity contribution in [1.29, 1.82) is 0 Å². The fraction of sp³-hybridized carbons (Fsp3) is 0.167. The zero-order chi connectivity index (χ0) is 19.8. The Labute approximate surface area is 160 Å². The van der Waals surface area contributed by atoms with Gasteiger partial charge < -0.3 is 14.2 Å². The molecule has 0 heterocycles. The molecule has 0 saturated heterocycles. The molecule has 0 fully saturated rings. The van der Waals surface area contributed by atoms with Crippen molar-refractivity contribution in [3.8, 4) is 11.5 Å². The highest BCUT2D eigenvalue weighted by Crippen LogP contribution is 2.28. The summed E-state index contributed by atoms with van der Waals surface area (Å²) in [4.78, 5) is 35.4. The number of carbonyl (C=O) groups excluding carboxylic acids is 3. The molecule has 0 radical (unpaired) electrons. The molecule has 2 amide bonds. The van der Waals surface area contributed by atoms with Gasteiger partial charge in [-0.05, 0) is 30.3 Å². The van der Waals surface area contributed by atoms with Crippen molar-refractivity contribution < 1.29 is 28.6 Å². The first-order valence-corrected chi connectivity index (χ1v) is 8.07. The minimum atomic E-state index is -0.576. The molecule has 0 aliphatic rings. The minimum Gasteiger partial charge on any atom is -0.493 e. The molecule has 142 valence electrons. The maximum absolute atomic E-state index is 12.2. The standard InChI is InChI=1S/C18H17ClN2O6/c1-25-15-9-11(7-8-14(15)27-10-16(22)26-2)17(23)20-21-18(24)12-5-3-4-6-13(12)19/h3-9H,10H2,1-2H3,(H,20,23)(H,21,24). The summed E-state index contributed by atoms with van der Waals surface area (Å²) in [5.41, 5.74) is 5.00. The number of ether oxygens (including phenoxy) is 3. The average Bonchev–Trinajstić information content (AvgIpc) is 2.70. The van der Waals surface area contributed by atoms with Gasteiger partial charge in [0.05, 0.1) is 24.8 Å². The van der Waals surface area contributed by atoms with Gasteiger partial charge in [-0.15, -0.1) is 0 Å². The molecule has 0 saturated carbocycles.